The zero-order chi connectivity index (χ0) is 15.5. The zero-order valence-corrected chi connectivity index (χ0v) is 12.8. The van der Waals surface area contributed by atoms with Gasteiger partial charge in [-0.1, -0.05) is 6.07 Å². The molecule has 1 aromatic carbocycles. The van der Waals surface area contributed by atoms with Gasteiger partial charge in [0.15, 0.2) is 11.5 Å². The summed E-state index contributed by atoms with van der Waals surface area (Å²) in [4.78, 5) is 5.62. The van der Waals surface area contributed by atoms with Crippen LogP contribution in [0.4, 0.5) is 5.82 Å². The number of hydrazone groups is 1. The number of nitrogens with zero attached hydrogens (tertiary/aromatic N) is 3. The number of benzene rings is 1. The Labute approximate surface area is 134 Å². The quantitative estimate of drug-likeness (QED) is 0.804. The van der Waals surface area contributed by atoms with Gasteiger partial charge in [0, 0.05) is 6.07 Å². The molecular weight excluding hydrogens is 292 g/mol. The van der Waals surface area contributed by atoms with Gasteiger partial charge in [-0.05, 0) is 29.8 Å². The van der Waals surface area contributed by atoms with Crippen LogP contribution in [0.15, 0.2) is 47.7 Å². The molecule has 1 saturated heterocycles. The molecule has 2 aliphatic heterocycles. The van der Waals surface area contributed by atoms with Crippen molar-refractivity contribution in [1.29, 1.82) is 0 Å². The van der Waals surface area contributed by atoms with Crippen molar-refractivity contribution in [2.45, 2.75) is 0 Å². The molecule has 6 heteroatoms. The fourth-order valence-electron chi connectivity index (χ4n) is 2.77. The van der Waals surface area contributed by atoms with Gasteiger partial charge in [-0.15, -0.1) is 0 Å². The number of aromatic amines is 1. The van der Waals surface area contributed by atoms with Crippen molar-refractivity contribution < 1.29 is 14.5 Å². The summed E-state index contributed by atoms with van der Waals surface area (Å²) in [6.45, 7) is 4.03. The number of hydrogen-bond donors (Lipinski definition) is 0. The summed E-state index contributed by atoms with van der Waals surface area (Å²) in [6.07, 6.45) is 3.84. The molecule has 118 valence electrons. The molecule has 0 radical (unpaired) electrons. The lowest BCUT2D eigenvalue weighted by Gasteiger charge is -2.28. The highest BCUT2D eigenvalue weighted by Gasteiger charge is 2.22. The van der Waals surface area contributed by atoms with E-state index in [0.717, 1.165) is 49.1 Å². The van der Waals surface area contributed by atoms with Crippen molar-refractivity contribution in [3.63, 3.8) is 0 Å². The van der Waals surface area contributed by atoms with Gasteiger partial charge >= 0.3 is 0 Å². The summed E-state index contributed by atoms with van der Waals surface area (Å²) in [5.41, 5.74) is 1.02. The molecule has 0 aliphatic carbocycles. The monoisotopic (exact) mass is 311 g/mol. The van der Waals surface area contributed by atoms with Gasteiger partial charge in [0.05, 0.1) is 25.5 Å². The van der Waals surface area contributed by atoms with E-state index in [1.54, 1.807) is 0 Å². The van der Waals surface area contributed by atoms with Crippen molar-refractivity contribution in [1.82, 2.24) is 5.01 Å². The standard InChI is InChI=1S/C17H18N4O2/c1-2-6-18-17(3-1)20-7-9-21(10-8-20)19-12-14-4-5-15-16(11-14)23-13-22-15/h1-6,11-12H,7-10,13H2/p+1/b19-12-. The van der Waals surface area contributed by atoms with Crippen molar-refractivity contribution >= 4 is 12.0 Å². The molecule has 0 amide bonds. The van der Waals surface area contributed by atoms with E-state index in [-0.39, 0.29) is 0 Å². The topological polar surface area (TPSA) is 51.4 Å². The van der Waals surface area contributed by atoms with E-state index >= 15 is 0 Å². The van der Waals surface area contributed by atoms with Gasteiger partial charge in [0.2, 0.25) is 6.79 Å². The minimum absolute atomic E-state index is 0.300. The highest BCUT2D eigenvalue weighted by atomic mass is 16.7. The van der Waals surface area contributed by atoms with Gasteiger partial charge in [0.25, 0.3) is 5.82 Å². The van der Waals surface area contributed by atoms with Crippen molar-refractivity contribution in [2.24, 2.45) is 5.10 Å². The number of rotatable bonds is 3. The fourth-order valence-corrected chi connectivity index (χ4v) is 2.77. The second-order valence-corrected chi connectivity index (χ2v) is 5.55. The summed E-state index contributed by atoms with van der Waals surface area (Å²) in [5.74, 6) is 2.75. The Hall–Kier alpha value is -2.76. The van der Waals surface area contributed by atoms with Gasteiger partial charge in [-0.2, -0.15) is 5.10 Å². The molecule has 2 aliphatic rings. The molecule has 0 atom stereocenters. The minimum Gasteiger partial charge on any atom is -0.454 e. The average molecular weight is 311 g/mol. The molecule has 1 aromatic heterocycles. The molecule has 0 spiro atoms. The number of pyridine rings is 1. The van der Waals surface area contributed by atoms with Crippen molar-refractivity contribution in [3.05, 3.63) is 48.2 Å². The summed E-state index contributed by atoms with van der Waals surface area (Å²) < 4.78 is 10.7. The average Bonchev–Trinajstić information content (AvgIpc) is 3.09. The molecular formula is C17H19N4O2+. The highest BCUT2D eigenvalue weighted by molar-refractivity contribution is 5.80. The summed E-state index contributed by atoms with van der Waals surface area (Å²) in [7, 11) is 0. The van der Waals surface area contributed by atoms with Crippen LogP contribution in [-0.4, -0.2) is 44.2 Å². The molecule has 6 nitrogen and oxygen atoms in total. The first-order valence-corrected chi connectivity index (χ1v) is 7.79. The smallest absolute Gasteiger partial charge is 0.274 e. The molecule has 1 N–H and O–H groups in total. The Balaban J connectivity index is 1.36. The molecule has 4 rings (SSSR count). The molecule has 1 fully saturated rings. The van der Waals surface area contributed by atoms with Gasteiger partial charge in [0.1, 0.15) is 13.1 Å². The molecule has 0 unspecified atom stereocenters. The van der Waals surface area contributed by atoms with E-state index in [2.05, 4.69) is 32.1 Å². The summed E-state index contributed by atoms with van der Waals surface area (Å²) in [6, 6.07) is 12.0. The molecule has 3 heterocycles. The Bertz CT molecular complexity index is 697. The fraction of sp³-hybridized carbons (Fsp3) is 0.294. The summed E-state index contributed by atoms with van der Waals surface area (Å²) >= 11 is 0. The largest absolute Gasteiger partial charge is 0.454 e. The predicted octanol–water partition coefficient (Wildman–Crippen LogP) is 1.39. The summed E-state index contributed by atoms with van der Waals surface area (Å²) in [5, 5.41) is 6.68. The van der Waals surface area contributed by atoms with Crippen LogP contribution in [-0.2, 0) is 0 Å². The third-order valence-corrected chi connectivity index (χ3v) is 4.06. The molecule has 0 saturated carbocycles. The normalized spacial score (nSPS) is 17.0. The van der Waals surface area contributed by atoms with Crippen LogP contribution >= 0.6 is 0 Å². The van der Waals surface area contributed by atoms with E-state index in [1.165, 1.54) is 0 Å². The number of fused-ring (bicyclic) bond motifs is 1. The Morgan fingerprint density at radius 2 is 1.87 bits per heavy atom. The van der Waals surface area contributed by atoms with Crippen LogP contribution in [0, 0.1) is 0 Å². The molecule has 23 heavy (non-hydrogen) atoms. The van der Waals surface area contributed by atoms with Crippen LogP contribution < -0.4 is 19.4 Å². The maximum atomic E-state index is 5.39. The van der Waals surface area contributed by atoms with Gasteiger partial charge in [-0.3, -0.25) is 9.91 Å². The second kappa shape index (κ2) is 6.16. The van der Waals surface area contributed by atoms with Crippen molar-refractivity contribution in [3.8, 4) is 11.5 Å². The van der Waals surface area contributed by atoms with Crippen LogP contribution in [0.1, 0.15) is 5.56 Å². The lowest BCUT2D eigenvalue weighted by Crippen LogP contribution is -2.45. The third-order valence-electron chi connectivity index (χ3n) is 4.06. The first-order valence-electron chi connectivity index (χ1n) is 7.79. The number of ether oxygens (including phenoxy) is 2. The zero-order valence-electron chi connectivity index (χ0n) is 12.8. The molecule has 2 aromatic rings. The Kier molecular flexibility index (Phi) is 3.71. The van der Waals surface area contributed by atoms with E-state index in [4.69, 9.17) is 9.47 Å². The minimum atomic E-state index is 0.300. The molecule has 0 bridgehead atoms. The van der Waals surface area contributed by atoms with E-state index < -0.39 is 0 Å². The number of nitrogens with one attached hydrogen (secondary N) is 1. The first kappa shape index (κ1) is 13.9. The number of aromatic nitrogens is 1. The maximum absolute atomic E-state index is 5.39. The van der Waals surface area contributed by atoms with E-state index in [1.807, 2.05) is 36.7 Å². The lowest BCUT2D eigenvalue weighted by atomic mass is 10.2. The highest BCUT2D eigenvalue weighted by Crippen LogP contribution is 2.32. The second-order valence-electron chi connectivity index (χ2n) is 5.55. The number of hydrogen-bond acceptors (Lipinski definition) is 5. The number of H-pyrrole nitrogens is 1. The number of piperazine rings is 1. The van der Waals surface area contributed by atoms with E-state index in [0.29, 0.717) is 6.79 Å². The van der Waals surface area contributed by atoms with Crippen LogP contribution in [0.3, 0.4) is 0 Å². The van der Waals surface area contributed by atoms with E-state index in [9.17, 15) is 0 Å². The third kappa shape index (κ3) is 3.06. The van der Waals surface area contributed by atoms with Crippen LogP contribution in [0.25, 0.3) is 0 Å². The first-order chi connectivity index (χ1) is 11.4. The van der Waals surface area contributed by atoms with Gasteiger partial charge in [-0.25, -0.2) is 4.98 Å². The number of anilines is 1. The Morgan fingerprint density at radius 3 is 2.70 bits per heavy atom. The van der Waals surface area contributed by atoms with Crippen LogP contribution in [0.2, 0.25) is 0 Å². The van der Waals surface area contributed by atoms with Crippen molar-refractivity contribution in [2.75, 3.05) is 37.9 Å². The van der Waals surface area contributed by atoms with Gasteiger partial charge < -0.3 is 9.47 Å². The maximum Gasteiger partial charge on any atom is 0.274 e. The predicted molar refractivity (Wildman–Crippen MR) is 86.9 cm³/mol. The Morgan fingerprint density at radius 1 is 1.00 bits per heavy atom. The SMILES string of the molecule is C(=N/N1CCN(c2cccc[nH+]2)CC1)/c1ccc2c(c1)OCO2. The van der Waals surface area contributed by atoms with Crippen LogP contribution in [0.5, 0.6) is 11.5 Å². The lowest BCUT2D eigenvalue weighted by molar-refractivity contribution is -0.364.